The average molecular weight is 303 g/mol. The predicted octanol–water partition coefficient (Wildman–Crippen LogP) is 0.436. The third-order valence-electron chi connectivity index (χ3n) is 3.86. The molecule has 1 aromatic heterocycles. The van der Waals surface area contributed by atoms with Crippen LogP contribution < -0.4 is 5.73 Å². The van der Waals surface area contributed by atoms with E-state index in [1.807, 2.05) is 0 Å². The first kappa shape index (κ1) is 14.4. The van der Waals surface area contributed by atoms with E-state index in [4.69, 9.17) is 5.73 Å². The molecule has 7 heteroatoms. The van der Waals surface area contributed by atoms with E-state index in [1.165, 1.54) is 29.2 Å². The molecule has 1 atom stereocenters. The number of amides is 2. The van der Waals surface area contributed by atoms with E-state index >= 15 is 0 Å². The zero-order valence-electron chi connectivity index (χ0n) is 11.6. The van der Waals surface area contributed by atoms with Crippen molar-refractivity contribution in [2.75, 3.05) is 13.1 Å². The minimum Gasteiger partial charge on any atom is -0.378 e. The van der Waals surface area contributed by atoms with Gasteiger partial charge in [-0.05, 0) is 24.3 Å². The van der Waals surface area contributed by atoms with Crippen LogP contribution in [0.5, 0.6) is 0 Å². The highest BCUT2D eigenvalue weighted by Gasteiger charge is 2.43. The van der Waals surface area contributed by atoms with Crippen molar-refractivity contribution in [2.45, 2.75) is 12.0 Å². The Balaban J connectivity index is 1.87. The topological polar surface area (TPSA) is 96.5 Å². The number of fused-ring (bicyclic) bond motifs is 1. The molecule has 22 heavy (non-hydrogen) atoms. The summed E-state index contributed by atoms with van der Waals surface area (Å²) in [6, 6.07) is 7.19. The van der Waals surface area contributed by atoms with Crippen molar-refractivity contribution in [2.24, 2.45) is 5.73 Å². The molecule has 1 aliphatic rings. The third kappa shape index (κ3) is 2.39. The van der Waals surface area contributed by atoms with Gasteiger partial charge in [0.05, 0.1) is 12.1 Å². The van der Waals surface area contributed by atoms with E-state index in [9.17, 15) is 19.1 Å². The highest BCUT2D eigenvalue weighted by atomic mass is 19.1. The molecule has 2 amide bonds. The summed E-state index contributed by atoms with van der Waals surface area (Å²) in [5.41, 5.74) is 4.13. The molecule has 1 fully saturated rings. The fraction of sp³-hybridized carbons (Fsp3) is 0.267. The maximum absolute atomic E-state index is 13.1. The Kier molecular flexibility index (Phi) is 3.29. The number of hydrogen-bond donors (Lipinski definition) is 2. The molecule has 1 unspecified atom stereocenters. The predicted molar refractivity (Wildman–Crippen MR) is 76.4 cm³/mol. The van der Waals surface area contributed by atoms with Gasteiger partial charge in [0.25, 0.3) is 11.8 Å². The molecule has 1 aliphatic heterocycles. The summed E-state index contributed by atoms with van der Waals surface area (Å²) in [7, 11) is 0. The van der Waals surface area contributed by atoms with Crippen LogP contribution in [0.2, 0.25) is 0 Å². The van der Waals surface area contributed by atoms with Crippen molar-refractivity contribution in [1.29, 1.82) is 0 Å². The van der Waals surface area contributed by atoms with Crippen molar-refractivity contribution in [3.63, 3.8) is 0 Å². The number of aliphatic hydroxyl groups is 1. The summed E-state index contributed by atoms with van der Waals surface area (Å²) in [6.45, 7) is 0.0751. The van der Waals surface area contributed by atoms with Crippen LogP contribution in [-0.2, 0) is 4.79 Å². The molecule has 0 bridgehead atoms. The summed E-state index contributed by atoms with van der Waals surface area (Å²) in [5.74, 6) is -1.62. The van der Waals surface area contributed by atoms with Gasteiger partial charge in [0, 0.05) is 18.4 Å². The van der Waals surface area contributed by atoms with Gasteiger partial charge < -0.3 is 15.7 Å². The zero-order valence-corrected chi connectivity index (χ0v) is 11.6. The minimum atomic E-state index is -1.68. The molecule has 1 aromatic carbocycles. The summed E-state index contributed by atoms with van der Waals surface area (Å²) >= 11 is 0. The SMILES string of the molecule is NC(=O)C1(O)CCN(C(=O)c2ccc3cc(F)ccc3n2)C1. The Morgan fingerprint density at radius 2 is 2.09 bits per heavy atom. The van der Waals surface area contributed by atoms with Crippen LogP contribution in [0.15, 0.2) is 30.3 Å². The van der Waals surface area contributed by atoms with Gasteiger partial charge in [0.2, 0.25) is 0 Å². The molecule has 0 aliphatic carbocycles. The van der Waals surface area contributed by atoms with E-state index in [0.717, 1.165) is 0 Å². The number of nitrogens with zero attached hydrogens (tertiary/aromatic N) is 2. The maximum Gasteiger partial charge on any atom is 0.272 e. The smallest absolute Gasteiger partial charge is 0.272 e. The van der Waals surface area contributed by atoms with Crippen LogP contribution >= 0.6 is 0 Å². The molecule has 2 heterocycles. The van der Waals surface area contributed by atoms with E-state index in [-0.39, 0.29) is 31.0 Å². The minimum absolute atomic E-state index is 0.104. The molecule has 0 spiro atoms. The number of carbonyl (C=O) groups excluding carboxylic acids is 2. The molecule has 0 saturated carbocycles. The first-order valence-corrected chi connectivity index (χ1v) is 6.77. The van der Waals surface area contributed by atoms with Gasteiger partial charge in [0.1, 0.15) is 11.5 Å². The third-order valence-corrected chi connectivity index (χ3v) is 3.86. The van der Waals surface area contributed by atoms with Gasteiger partial charge in [0.15, 0.2) is 5.60 Å². The maximum atomic E-state index is 13.1. The van der Waals surface area contributed by atoms with Crippen molar-refractivity contribution < 1.29 is 19.1 Å². The molecule has 3 N–H and O–H groups in total. The first-order chi connectivity index (χ1) is 10.4. The number of β-amino-alcohol motifs (C(OH)–C–C–N with tert-alkyl or cyclic N) is 1. The van der Waals surface area contributed by atoms with Crippen LogP contribution in [0, 0.1) is 5.82 Å². The fourth-order valence-corrected chi connectivity index (χ4v) is 2.55. The summed E-state index contributed by atoms with van der Waals surface area (Å²) < 4.78 is 13.1. The second-order valence-electron chi connectivity index (χ2n) is 5.41. The molecule has 2 aromatic rings. The summed E-state index contributed by atoms with van der Waals surface area (Å²) in [4.78, 5) is 29.1. The van der Waals surface area contributed by atoms with Gasteiger partial charge in [-0.15, -0.1) is 0 Å². The lowest BCUT2D eigenvalue weighted by Gasteiger charge is -2.19. The molecule has 0 radical (unpaired) electrons. The quantitative estimate of drug-likeness (QED) is 0.841. The van der Waals surface area contributed by atoms with Gasteiger partial charge in [-0.2, -0.15) is 0 Å². The van der Waals surface area contributed by atoms with Crippen molar-refractivity contribution in [3.05, 3.63) is 41.8 Å². The number of likely N-dealkylation sites (tertiary alicyclic amines) is 1. The van der Waals surface area contributed by atoms with Gasteiger partial charge >= 0.3 is 0 Å². The number of hydrogen-bond acceptors (Lipinski definition) is 4. The van der Waals surface area contributed by atoms with Crippen molar-refractivity contribution >= 4 is 22.7 Å². The second kappa shape index (κ2) is 5.03. The van der Waals surface area contributed by atoms with E-state index in [1.54, 1.807) is 6.07 Å². The lowest BCUT2D eigenvalue weighted by molar-refractivity contribution is -0.134. The average Bonchev–Trinajstić information content (AvgIpc) is 2.90. The Morgan fingerprint density at radius 1 is 1.32 bits per heavy atom. The Hall–Kier alpha value is -2.54. The molecule has 6 nitrogen and oxygen atoms in total. The second-order valence-corrected chi connectivity index (χ2v) is 5.41. The number of carbonyl (C=O) groups is 2. The highest BCUT2D eigenvalue weighted by molar-refractivity contribution is 5.96. The van der Waals surface area contributed by atoms with Gasteiger partial charge in [-0.1, -0.05) is 6.07 Å². The zero-order chi connectivity index (χ0) is 15.9. The van der Waals surface area contributed by atoms with Crippen molar-refractivity contribution in [3.8, 4) is 0 Å². The molecule has 3 rings (SSSR count). The first-order valence-electron chi connectivity index (χ1n) is 6.77. The monoisotopic (exact) mass is 303 g/mol. The van der Waals surface area contributed by atoms with Crippen LogP contribution in [0.25, 0.3) is 10.9 Å². The van der Waals surface area contributed by atoms with Crippen LogP contribution in [0.1, 0.15) is 16.9 Å². The fourth-order valence-electron chi connectivity index (χ4n) is 2.55. The highest BCUT2D eigenvalue weighted by Crippen LogP contribution is 2.23. The lowest BCUT2D eigenvalue weighted by Crippen LogP contribution is -2.46. The Morgan fingerprint density at radius 3 is 2.77 bits per heavy atom. The van der Waals surface area contributed by atoms with Gasteiger partial charge in [-0.25, -0.2) is 9.37 Å². The molecule has 1 saturated heterocycles. The number of nitrogens with two attached hydrogens (primary N) is 1. The molecular weight excluding hydrogens is 289 g/mol. The largest absolute Gasteiger partial charge is 0.378 e. The Labute approximate surface area is 125 Å². The molecule has 114 valence electrons. The summed E-state index contributed by atoms with van der Waals surface area (Å²) in [5, 5.41) is 10.6. The number of benzene rings is 1. The van der Waals surface area contributed by atoms with E-state index in [0.29, 0.717) is 10.9 Å². The number of rotatable bonds is 2. The Bertz CT molecular complexity index is 780. The lowest BCUT2D eigenvalue weighted by atomic mass is 10.0. The van der Waals surface area contributed by atoms with Crippen LogP contribution in [-0.4, -0.2) is 45.5 Å². The number of halogens is 1. The standard InChI is InChI=1S/C15H14FN3O3/c16-10-2-4-11-9(7-10)1-3-12(18-11)13(20)19-6-5-15(22,8-19)14(17)21/h1-4,7,22H,5-6,8H2,(H2,17,21). The summed E-state index contributed by atoms with van der Waals surface area (Å²) in [6.07, 6.45) is 0.104. The normalized spacial score (nSPS) is 21.3. The molecular formula is C15H14FN3O3. The van der Waals surface area contributed by atoms with E-state index < -0.39 is 17.4 Å². The van der Waals surface area contributed by atoms with Crippen LogP contribution in [0.3, 0.4) is 0 Å². The number of primary amides is 1. The number of aromatic nitrogens is 1. The van der Waals surface area contributed by atoms with Gasteiger partial charge in [-0.3, -0.25) is 9.59 Å². The van der Waals surface area contributed by atoms with E-state index in [2.05, 4.69) is 4.98 Å². The van der Waals surface area contributed by atoms with Crippen molar-refractivity contribution in [1.82, 2.24) is 9.88 Å². The van der Waals surface area contributed by atoms with Crippen LogP contribution in [0.4, 0.5) is 4.39 Å². The number of pyridine rings is 1.